The fraction of sp³-hybridized carbons (Fsp3) is 0.917. The molecular formula is C12H20N2O. The van der Waals surface area contributed by atoms with Gasteiger partial charge in [-0.05, 0) is 5.92 Å². The summed E-state index contributed by atoms with van der Waals surface area (Å²) in [7, 11) is 0. The van der Waals surface area contributed by atoms with Crippen LogP contribution in [-0.4, -0.2) is 54.3 Å². The first-order valence-electron chi connectivity index (χ1n) is 6.32. The van der Waals surface area contributed by atoms with Crippen molar-refractivity contribution in [3.05, 3.63) is 0 Å². The summed E-state index contributed by atoms with van der Waals surface area (Å²) in [6.07, 6.45) is 4.79. The standard InChI is InChI=1S/C12H20N2O/c15-12(8-10-2-1-3-10)11-9-13-4-6-14(11)7-5-13/h10-11H,1-9H2. The second kappa shape index (κ2) is 3.87. The Labute approximate surface area is 91.4 Å². The number of carbonyl (C=O) groups is 1. The van der Waals surface area contributed by atoms with Crippen LogP contribution in [0.5, 0.6) is 0 Å². The molecule has 84 valence electrons. The van der Waals surface area contributed by atoms with Crippen molar-refractivity contribution in [2.45, 2.75) is 31.7 Å². The van der Waals surface area contributed by atoms with Gasteiger partial charge in [0.05, 0.1) is 6.04 Å². The fourth-order valence-corrected chi connectivity index (χ4v) is 3.04. The summed E-state index contributed by atoms with van der Waals surface area (Å²) in [5.41, 5.74) is 0. The summed E-state index contributed by atoms with van der Waals surface area (Å²) in [4.78, 5) is 17.0. The molecule has 3 heteroatoms. The van der Waals surface area contributed by atoms with Crippen LogP contribution in [0.4, 0.5) is 0 Å². The molecule has 15 heavy (non-hydrogen) atoms. The first-order chi connectivity index (χ1) is 7.33. The topological polar surface area (TPSA) is 23.6 Å². The summed E-state index contributed by atoms with van der Waals surface area (Å²) in [5, 5.41) is 0. The van der Waals surface area contributed by atoms with Gasteiger partial charge < -0.3 is 0 Å². The van der Waals surface area contributed by atoms with Crippen molar-refractivity contribution in [1.82, 2.24) is 9.80 Å². The molecule has 0 spiro atoms. The smallest absolute Gasteiger partial charge is 0.151 e. The highest BCUT2D eigenvalue weighted by Gasteiger charge is 2.37. The molecule has 0 aromatic carbocycles. The molecule has 4 aliphatic rings. The molecule has 1 saturated carbocycles. The van der Waals surface area contributed by atoms with Gasteiger partial charge in [-0.1, -0.05) is 19.3 Å². The maximum Gasteiger partial charge on any atom is 0.151 e. The zero-order chi connectivity index (χ0) is 10.3. The van der Waals surface area contributed by atoms with Gasteiger partial charge in [-0.3, -0.25) is 14.6 Å². The molecule has 0 radical (unpaired) electrons. The van der Waals surface area contributed by atoms with Crippen LogP contribution in [0.15, 0.2) is 0 Å². The van der Waals surface area contributed by atoms with Crippen LogP contribution in [0.25, 0.3) is 0 Å². The molecule has 3 nitrogen and oxygen atoms in total. The Hall–Kier alpha value is -0.410. The van der Waals surface area contributed by atoms with Gasteiger partial charge in [0.15, 0.2) is 5.78 Å². The minimum atomic E-state index is 0.244. The molecule has 2 bridgehead atoms. The van der Waals surface area contributed by atoms with Gasteiger partial charge in [-0.25, -0.2) is 0 Å². The van der Waals surface area contributed by atoms with Crippen molar-refractivity contribution >= 4 is 5.78 Å². The predicted molar refractivity (Wildman–Crippen MR) is 58.8 cm³/mol. The van der Waals surface area contributed by atoms with Crippen molar-refractivity contribution < 1.29 is 4.79 Å². The Balaban J connectivity index is 1.58. The van der Waals surface area contributed by atoms with Crippen LogP contribution in [0.1, 0.15) is 25.7 Å². The molecule has 3 aliphatic heterocycles. The first kappa shape index (κ1) is 9.79. The van der Waals surface area contributed by atoms with Crippen LogP contribution < -0.4 is 0 Å². The second-order valence-electron chi connectivity index (χ2n) is 5.32. The Morgan fingerprint density at radius 2 is 1.87 bits per heavy atom. The lowest BCUT2D eigenvalue weighted by atomic mass is 9.80. The number of hydrogen-bond acceptors (Lipinski definition) is 3. The van der Waals surface area contributed by atoms with Gasteiger partial charge in [-0.2, -0.15) is 0 Å². The largest absolute Gasteiger partial charge is 0.299 e. The third-order valence-electron chi connectivity index (χ3n) is 4.37. The summed E-state index contributed by atoms with van der Waals surface area (Å²) >= 11 is 0. The van der Waals surface area contributed by atoms with Gasteiger partial charge in [-0.15, -0.1) is 0 Å². The lowest BCUT2D eigenvalue weighted by Crippen LogP contribution is -2.63. The molecule has 0 aromatic rings. The Morgan fingerprint density at radius 3 is 2.33 bits per heavy atom. The number of rotatable bonds is 3. The van der Waals surface area contributed by atoms with Crippen molar-refractivity contribution in [1.29, 1.82) is 0 Å². The van der Waals surface area contributed by atoms with E-state index < -0.39 is 0 Å². The summed E-state index contributed by atoms with van der Waals surface area (Å²) < 4.78 is 0. The van der Waals surface area contributed by atoms with Gasteiger partial charge in [0.2, 0.25) is 0 Å². The number of ketones is 1. The summed E-state index contributed by atoms with van der Waals surface area (Å²) in [6, 6.07) is 0.244. The molecular weight excluding hydrogens is 188 g/mol. The van der Waals surface area contributed by atoms with E-state index >= 15 is 0 Å². The molecule has 1 unspecified atom stereocenters. The molecule has 0 N–H and O–H groups in total. The summed E-state index contributed by atoms with van der Waals surface area (Å²) in [5.74, 6) is 1.25. The van der Waals surface area contributed by atoms with Crippen molar-refractivity contribution in [2.75, 3.05) is 32.7 Å². The van der Waals surface area contributed by atoms with Gasteiger partial charge in [0.1, 0.15) is 0 Å². The maximum absolute atomic E-state index is 12.1. The first-order valence-corrected chi connectivity index (χ1v) is 6.32. The molecule has 0 amide bonds. The van der Waals surface area contributed by atoms with E-state index in [0.29, 0.717) is 5.78 Å². The zero-order valence-electron chi connectivity index (χ0n) is 9.32. The maximum atomic E-state index is 12.1. The molecule has 0 aromatic heterocycles. The van der Waals surface area contributed by atoms with Crippen molar-refractivity contribution in [2.24, 2.45) is 5.92 Å². The SMILES string of the molecule is O=C(CC1CCC1)C1CN2CCN1CC2. The minimum Gasteiger partial charge on any atom is -0.299 e. The van der Waals surface area contributed by atoms with E-state index in [9.17, 15) is 4.79 Å². The number of hydrogen-bond donors (Lipinski definition) is 0. The third kappa shape index (κ3) is 1.83. The fourth-order valence-electron chi connectivity index (χ4n) is 3.04. The normalized spacial score (nSPS) is 40.1. The van der Waals surface area contributed by atoms with Crippen LogP contribution in [0.3, 0.4) is 0 Å². The second-order valence-corrected chi connectivity index (χ2v) is 5.32. The van der Waals surface area contributed by atoms with E-state index in [1.165, 1.54) is 32.4 Å². The molecule has 4 fully saturated rings. The molecule has 1 atom stereocenters. The number of piperazine rings is 3. The quantitative estimate of drug-likeness (QED) is 0.683. The molecule has 4 rings (SSSR count). The Morgan fingerprint density at radius 1 is 1.13 bits per heavy atom. The highest BCUT2D eigenvalue weighted by Crippen LogP contribution is 2.31. The van der Waals surface area contributed by atoms with E-state index in [-0.39, 0.29) is 6.04 Å². The highest BCUT2D eigenvalue weighted by atomic mass is 16.1. The number of nitrogens with zero attached hydrogens (tertiary/aromatic N) is 2. The number of fused-ring (bicyclic) bond motifs is 3. The van der Waals surface area contributed by atoms with E-state index in [4.69, 9.17) is 0 Å². The lowest BCUT2D eigenvalue weighted by Gasteiger charge is -2.47. The average molecular weight is 208 g/mol. The highest BCUT2D eigenvalue weighted by molar-refractivity contribution is 5.84. The van der Waals surface area contributed by atoms with Crippen LogP contribution >= 0.6 is 0 Å². The van der Waals surface area contributed by atoms with Gasteiger partial charge in [0.25, 0.3) is 0 Å². The Kier molecular flexibility index (Phi) is 2.53. The van der Waals surface area contributed by atoms with Gasteiger partial charge in [0, 0.05) is 39.1 Å². The number of carbonyl (C=O) groups excluding carboxylic acids is 1. The zero-order valence-corrected chi connectivity index (χ0v) is 9.32. The van der Waals surface area contributed by atoms with E-state index in [1.54, 1.807) is 0 Å². The van der Waals surface area contributed by atoms with Crippen molar-refractivity contribution in [3.63, 3.8) is 0 Å². The van der Waals surface area contributed by atoms with Crippen molar-refractivity contribution in [3.8, 4) is 0 Å². The lowest BCUT2D eigenvalue weighted by molar-refractivity contribution is -0.131. The van der Waals surface area contributed by atoms with Crippen LogP contribution in [0.2, 0.25) is 0 Å². The molecule has 3 heterocycles. The monoisotopic (exact) mass is 208 g/mol. The molecule has 1 aliphatic carbocycles. The van der Waals surface area contributed by atoms with E-state index in [0.717, 1.165) is 32.0 Å². The number of Topliss-reactive ketones (excluding diaryl/α,β-unsaturated/α-hetero) is 1. The van der Waals surface area contributed by atoms with Gasteiger partial charge >= 0.3 is 0 Å². The van der Waals surface area contributed by atoms with E-state index in [2.05, 4.69) is 9.80 Å². The minimum absolute atomic E-state index is 0.244. The van der Waals surface area contributed by atoms with Crippen LogP contribution in [0, 0.1) is 5.92 Å². The molecule has 3 saturated heterocycles. The summed E-state index contributed by atoms with van der Waals surface area (Å²) in [6.45, 7) is 5.58. The Bertz CT molecular complexity index is 254. The predicted octanol–water partition coefficient (Wildman–Crippen LogP) is 0.745. The van der Waals surface area contributed by atoms with Crippen LogP contribution in [-0.2, 0) is 4.79 Å². The average Bonchev–Trinajstić information content (AvgIpc) is 2.25. The van der Waals surface area contributed by atoms with E-state index in [1.807, 2.05) is 0 Å². The third-order valence-corrected chi connectivity index (χ3v) is 4.37.